The number of likely N-dealkylation sites (tertiary alicyclic amines) is 1. The lowest BCUT2D eigenvalue weighted by Crippen LogP contribution is -2.67. The van der Waals surface area contributed by atoms with Gasteiger partial charge in [0.1, 0.15) is 6.04 Å². The van der Waals surface area contributed by atoms with E-state index in [4.69, 9.17) is 4.28 Å². The molecule has 0 aromatic heterocycles. The number of carbonyl (C=O) groups excluding carboxylic acids is 2. The number of carbonyl (C=O) groups is 2. The second-order valence-corrected chi connectivity index (χ2v) is 8.76. The zero-order valence-corrected chi connectivity index (χ0v) is 16.0. The first-order valence-electron chi connectivity index (χ1n) is 9.22. The fourth-order valence-corrected chi connectivity index (χ4v) is 5.25. The second-order valence-electron chi connectivity index (χ2n) is 7.87. The third kappa shape index (κ3) is 3.02. The number of nitrogens with one attached hydrogen (secondary N) is 1. The number of nitrogens with zero attached hydrogens (tertiary/aromatic N) is 3. The van der Waals surface area contributed by atoms with Crippen LogP contribution >= 0.6 is 0 Å². The van der Waals surface area contributed by atoms with Crippen LogP contribution in [0.15, 0.2) is 0 Å². The summed E-state index contributed by atoms with van der Waals surface area (Å²) in [5.74, 6) is -0.0852. The molecule has 3 aliphatic heterocycles. The summed E-state index contributed by atoms with van der Waals surface area (Å²) in [4.78, 5) is 29.1. The molecule has 3 amide bonds. The zero-order valence-electron chi connectivity index (χ0n) is 15.2. The minimum absolute atomic E-state index is 0.0852. The van der Waals surface area contributed by atoms with E-state index in [1.165, 1.54) is 12.0 Å². The van der Waals surface area contributed by atoms with Crippen molar-refractivity contribution in [2.75, 3.05) is 33.3 Å². The van der Waals surface area contributed by atoms with Crippen LogP contribution in [0.1, 0.15) is 32.6 Å². The SMILES string of the molecule is CCN1CC2(CC(NC(=O)C3CC[C@@H]4CN3C(=O)N4OS(=O)OC)C2)C1. The van der Waals surface area contributed by atoms with E-state index in [2.05, 4.69) is 21.3 Å². The Morgan fingerprint density at radius 2 is 2.08 bits per heavy atom. The minimum atomic E-state index is -2.00. The van der Waals surface area contributed by atoms with Gasteiger partial charge in [-0.2, -0.15) is 9.27 Å². The van der Waals surface area contributed by atoms with E-state index in [0.29, 0.717) is 24.8 Å². The number of hydrogen-bond acceptors (Lipinski definition) is 6. The first kappa shape index (κ1) is 18.1. The van der Waals surface area contributed by atoms with Gasteiger partial charge in [-0.25, -0.2) is 4.79 Å². The van der Waals surface area contributed by atoms with Crippen LogP contribution in [0.5, 0.6) is 0 Å². The summed E-state index contributed by atoms with van der Waals surface area (Å²) in [6, 6.07) is -0.868. The van der Waals surface area contributed by atoms with Crippen LogP contribution in [0.3, 0.4) is 0 Å². The van der Waals surface area contributed by atoms with Crippen molar-refractivity contribution in [3.05, 3.63) is 0 Å². The average Bonchev–Trinajstić information content (AvgIpc) is 2.80. The fraction of sp³-hybridized carbons (Fsp3) is 0.875. The molecular weight excluding hydrogens is 360 g/mol. The summed E-state index contributed by atoms with van der Waals surface area (Å²) in [5, 5.41) is 4.21. The number of urea groups is 1. The predicted octanol–water partition coefficient (Wildman–Crippen LogP) is 0.0122. The van der Waals surface area contributed by atoms with Crippen LogP contribution in [-0.2, 0) is 24.6 Å². The quantitative estimate of drug-likeness (QED) is 0.692. The molecule has 4 fully saturated rings. The lowest BCUT2D eigenvalue weighted by molar-refractivity contribution is -0.131. The first-order chi connectivity index (χ1) is 12.4. The molecule has 3 atom stereocenters. The number of rotatable bonds is 6. The van der Waals surface area contributed by atoms with Crippen molar-refractivity contribution in [2.24, 2.45) is 5.41 Å². The predicted molar refractivity (Wildman–Crippen MR) is 92.7 cm³/mol. The summed E-state index contributed by atoms with van der Waals surface area (Å²) in [7, 11) is 1.24. The lowest BCUT2D eigenvalue weighted by Gasteiger charge is -2.59. The highest BCUT2D eigenvalue weighted by atomic mass is 32.2. The van der Waals surface area contributed by atoms with Gasteiger partial charge >= 0.3 is 17.4 Å². The molecule has 1 N–H and O–H groups in total. The van der Waals surface area contributed by atoms with Gasteiger partial charge in [-0.05, 0) is 37.6 Å². The van der Waals surface area contributed by atoms with Crippen molar-refractivity contribution in [3.8, 4) is 0 Å². The maximum Gasteiger partial charge on any atom is 0.346 e. The molecule has 4 aliphatic rings. The van der Waals surface area contributed by atoms with Crippen molar-refractivity contribution in [1.82, 2.24) is 20.2 Å². The molecule has 1 aliphatic carbocycles. The van der Waals surface area contributed by atoms with Gasteiger partial charge in [0.25, 0.3) is 0 Å². The monoisotopic (exact) mass is 386 g/mol. The van der Waals surface area contributed by atoms with Gasteiger partial charge in [0.15, 0.2) is 0 Å². The smallest absolute Gasteiger partial charge is 0.346 e. The molecule has 1 saturated carbocycles. The summed E-state index contributed by atoms with van der Waals surface area (Å²) >= 11 is -2.00. The number of hydrogen-bond donors (Lipinski definition) is 1. The molecule has 0 radical (unpaired) electrons. The number of piperidine rings is 1. The Hall–Kier alpha value is -1.23. The van der Waals surface area contributed by atoms with Crippen molar-refractivity contribution >= 4 is 23.3 Å². The molecule has 2 bridgehead atoms. The average molecular weight is 386 g/mol. The van der Waals surface area contributed by atoms with Crippen LogP contribution in [0.2, 0.25) is 0 Å². The molecule has 3 heterocycles. The topological polar surface area (TPSA) is 91.4 Å². The maximum absolute atomic E-state index is 12.7. The molecule has 4 rings (SSSR count). The Labute approximate surface area is 155 Å². The number of fused-ring (bicyclic) bond motifs is 2. The van der Waals surface area contributed by atoms with E-state index in [1.54, 1.807) is 0 Å². The maximum atomic E-state index is 12.7. The normalized spacial score (nSPS) is 31.7. The highest BCUT2D eigenvalue weighted by Crippen LogP contribution is 2.48. The van der Waals surface area contributed by atoms with E-state index < -0.39 is 23.4 Å². The molecule has 0 aromatic carbocycles. The van der Waals surface area contributed by atoms with Crippen LogP contribution in [-0.4, -0.2) is 82.4 Å². The minimum Gasteiger partial charge on any atom is -0.352 e. The van der Waals surface area contributed by atoms with Gasteiger partial charge in [-0.1, -0.05) is 6.92 Å². The Kier molecular flexibility index (Phi) is 4.70. The highest BCUT2D eigenvalue weighted by Gasteiger charge is 2.53. The van der Waals surface area contributed by atoms with E-state index >= 15 is 0 Å². The standard InChI is InChI=1S/C16H26N4O5S/c1-3-18-9-16(10-18)6-11(7-16)17-14(21)13-5-4-12-8-19(13)15(22)20(12)25-26(23)24-2/h11-13H,3-10H2,1-2H3,(H,17,21)/t12-,13?,26?/m1/s1. The van der Waals surface area contributed by atoms with Crippen LogP contribution in [0, 0.1) is 5.41 Å². The van der Waals surface area contributed by atoms with E-state index in [1.807, 2.05) is 0 Å². The zero-order chi connectivity index (χ0) is 18.5. The Balaban J connectivity index is 1.30. The largest absolute Gasteiger partial charge is 0.352 e. The fourth-order valence-electron chi connectivity index (χ4n) is 4.87. The van der Waals surface area contributed by atoms with Crippen molar-refractivity contribution in [1.29, 1.82) is 0 Å². The molecule has 10 heteroatoms. The van der Waals surface area contributed by atoms with Gasteiger partial charge in [0.05, 0.1) is 13.2 Å². The third-order valence-electron chi connectivity index (χ3n) is 6.17. The number of amides is 3. The van der Waals surface area contributed by atoms with Crippen LogP contribution < -0.4 is 5.32 Å². The Morgan fingerprint density at radius 3 is 2.73 bits per heavy atom. The van der Waals surface area contributed by atoms with E-state index in [0.717, 1.165) is 37.5 Å². The van der Waals surface area contributed by atoms with Gasteiger partial charge in [0, 0.05) is 25.7 Å². The second kappa shape index (κ2) is 6.74. The molecule has 9 nitrogen and oxygen atoms in total. The van der Waals surface area contributed by atoms with Crippen LogP contribution in [0.25, 0.3) is 0 Å². The lowest BCUT2D eigenvalue weighted by atomic mass is 9.60. The molecule has 3 saturated heterocycles. The summed E-state index contributed by atoms with van der Waals surface area (Å²) in [5.41, 5.74) is 0.407. The van der Waals surface area contributed by atoms with Gasteiger partial charge < -0.3 is 15.1 Å². The molecule has 1 spiro atoms. The van der Waals surface area contributed by atoms with Crippen LogP contribution in [0.4, 0.5) is 4.79 Å². The molecular formula is C16H26N4O5S. The Bertz CT molecular complexity index is 618. The number of hydroxylamine groups is 2. The molecule has 2 unspecified atom stereocenters. The third-order valence-corrected chi connectivity index (χ3v) is 6.73. The molecule has 0 aromatic rings. The van der Waals surface area contributed by atoms with Crippen molar-refractivity contribution in [2.45, 2.75) is 50.7 Å². The Morgan fingerprint density at radius 1 is 1.35 bits per heavy atom. The molecule has 26 heavy (non-hydrogen) atoms. The summed E-state index contributed by atoms with van der Waals surface area (Å²) in [6.07, 6.45) is 3.28. The van der Waals surface area contributed by atoms with Crippen molar-refractivity contribution in [3.63, 3.8) is 0 Å². The highest BCUT2D eigenvalue weighted by molar-refractivity contribution is 7.75. The van der Waals surface area contributed by atoms with E-state index in [9.17, 15) is 13.8 Å². The van der Waals surface area contributed by atoms with Crippen molar-refractivity contribution < 1.29 is 22.3 Å². The summed E-state index contributed by atoms with van der Waals surface area (Å²) < 4.78 is 21.0. The van der Waals surface area contributed by atoms with Gasteiger partial charge in [0.2, 0.25) is 5.91 Å². The van der Waals surface area contributed by atoms with Gasteiger partial charge in [-0.3, -0.25) is 8.98 Å². The first-order valence-corrected chi connectivity index (χ1v) is 10.2. The van der Waals surface area contributed by atoms with Gasteiger partial charge in [-0.15, -0.1) is 4.28 Å². The van der Waals surface area contributed by atoms with E-state index in [-0.39, 0.29) is 18.0 Å². The molecule has 146 valence electrons. The summed E-state index contributed by atoms with van der Waals surface area (Å²) in [6.45, 7) is 5.94.